The second-order valence-corrected chi connectivity index (χ2v) is 11.5. The average Bonchev–Trinajstić information content (AvgIpc) is 3.67. The molecule has 0 aromatic carbocycles. The van der Waals surface area contributed by atoms with Crippen molar-refractivity contribution in [3.8, 4) is 0 Å². The minimum atomic E-state index is 0.0868. The Labute approximate surface area is 238 Å². The van der Waals surface area contributed by atoms with Crippen LogP contribution in [-0.4, -0.2) is 97.5 Å². The van der Waals surface area contributed by atoms with E-state index in [1.54, 1.807) is 10.9 Å². The second-order valence-electron chi connectivity index (χ2n) is 11.5. The highest BCUT2D eigenvalue weighted by molar-refractivity contribution is 5.76. The van der Waals surface area contributed by atoms with E-state index in [2.05, 4.69) is 43.4 Å². The molecule has 3 aliphatic rings. The summed E-state index contributed by atoms with van der Waals surface area (Å²) in [5.74, 6) is 1.58. The minimum Gasteiger partial charge on any atom is -0.373 e. The third-order valence-corrected chi connectivity index (χ3v) is 8.66. The zero-order valence-electron chi connectivity index (χ0n) is 23.3. The second kappa shape index (κ2) is 11.1. The number of carbonyl (C=O) groups is 1. The molecule has 0 unspecified atom stereocenters. The Hall–Kier alpha value is -4.03. The van der Waals surface area contributed by atoms with Gasteiger partial charge in [-0.05, 0) is 49.7 Å². The van der Waals surface area contributed by atoms with Gasteiger partial charge in [-0.3, -0.25) is 14.5 Å². The fourth-order valence-corrected chi connectivity index (χ4v) is 6.44. The summed E-state index contributed by atoms with van der Waals surface area (Å²) in [7, 11) is 2.08. The first kappa shape index (κ1) is 25.9. The van der Waals surface area contributed by atoms with Gasteiger partial charge in [-0.1, -0.05) is 0 Å². The normalized spacial score (nSPS) is 22.9. The Kier molecular flexibility index (Phi) is 7.01. The number of carbonyl (C=O) groups excluding carboxylic acids is 1. The molecule has 2 bridgehead atoms. The van der Waals surface area contributed by atoms with Gasteiger partial charge in [0.15, 0.2) is 5.65 Å². The maximum absolute atomic E-state index is 12.7. The molecule has 1 amide bonds. The van der Waals surface area contributed by atoms with Gasteiger partial charge in [0.05, 0.1) is 30.3 Å². The first-order chi connectivity index (χ1) is 20.1. The fraction of sp³-hybridized carbons (Fsp3) is 0.483. The summed E-state index contributed by atoms with van der Waals surface area (Å²) >= 11 is 0. The number of rotatable bonds is 8. The van der Waals surface area contributed by atoms with E-state index in [4.69, 9.17) is 9.72 Å². The van der Waals surface area contributed by atoms with Gasteiger partial charge >= 0.3 is 0 Å². The van der Waals surface area contributed by atoms with Gasteiger partial charge in [0.1, 0.15) is 6.54 Å². The largest absolute Gasteiger partial charge is 0.373 e. The van der Waals surface area contributed by atoms with Crippen LogP contribution in [0, 0.1) is 11.8 Å². The van der Waals surface area contributed by atoms with E-state index in [9.17, 15) is 4.79 Å². The Bertz CT molecular complexity index is 1480. The number of likely N-dealkylation sites (N-methyl/N-ethyl adjacent to an activating group) is 1. The number of ether oxygens (including phenoxy) is 1. The third kappa shape index (κ3) is 5.49. The number of pyridine rings is 2. The number of anilines is 3. The maximum Gasteiger partial charge on any atom is 0.247 e. The van der Waals surface area contributed by atoms with Crippen molar-refractivity contribution in [1.82, 2.24) is 39.2 Å². The Morgan fingerprint density at radius 1 is 1.07 bits per heavy atom. The molecule has 3 fully saturated rings. The van der Waals surface area contributed by atoms with Crippen LogP contribution < -0.4 is 10.2 Å². The van der Waals surface area contributed by atoms with Gasteiger partial charge in [0.25, 0.3) is 0 Å². The quantitative estimate of drug-likeness (QED) is 0.350. The zero-order valence-corrected chi connectivity index (χ0v) is 23.3. The number of nitrogens with zero attached hydrogens (tertiary/aromatic N) is 9. The van der Waals surface area contributed by atoms with Crippen LogP contribution in [0.4, 0.5) is 17.3 Å². The van der Waals surface area contributed by atoms with Gasteiger partial charge in [-0.25, -0.2) is 4.52 Å². The van der Waals surface area contributed by atoms with Crippen LogP contribution in [0.15, 0.2) is 55.2 Å². The number of amides is 1. The summed E-state index contributed by atoms with van der Waals surface area (Å²) in [5, 5.41) is 12.3. The maximum atomic E-state index is 12.7. The molecule has 1 aliphatic carbocycles. The number of hydrogen-bond donors (Lipinski definition) is 1. The molecule has 7 rings (SSSR count). The van der Waals surface area contributed by atoms with Crippen LogP contribution in [0.3, 0.4) is 0 Å². The number of hydrogen-bond acceptors (Lipinski definition) is 9. The Balaban J connectivity index is 1.00. The number of piperidine rings is 1. The SMILES string of the molecule is CN1CCN(C(=O)Cn2cc(Nc3nc4c(N5C[C@H]6CC[C@@H](C5)[C@@H]6OCc5ccncc5)cccn4n3)cn2)CC1. The number of fused-ring (bicyclic) bond motifs is 3. The smallest absolute Gasteiger partial charge is 0.247 e. The van der Waals surface area contributed by atoms with Crippen molar-refractivity contribution in [3.05, 3.63) is 60.8 Å². The van der Waals surface area contributed by atoms with E-state index in [1.807, 2.05) is 52.4 Å². The summed E-state index contributed by atoms with van der Waals surface area (Å²) < 4.78 is 9.93. The summed E-state index contributed by atoms with van der Waals surface area (Å²) in [6.45, 7) is 6.06. The van der Waals surface area contributed by atoms with Gasteiger partial charge in [-0.15, -0.1) is 5.10 Å². The number of nitrogens with one attached hydrogen (secondary N) is 1. The molecule has 0 radical (unpaired) electrons. The van der Waals surface area contributed by atoms with Crippen LogP contribution in [0.5, 0.6) is 0 Å². The molecule has 1 saturated carbocycles. The highest BCUT2D eigenvalue weighted by atomic mass is 16.5. The molecule has 12 heteroatoms. The summed E-state index contributed by atoms with van der Waals surface area (Å²) in [5.41, 5.74) is 3.83. The molecule has 1 N–H and O–H groups in total. The van der Waals surface area contributed by atoms with Gasteiger partial charge in [-0.2, -0.15) is 10.1 Å². The first-order valence-corrected chi connectivity index (χ1v) is 14.5. The van der Waals surface area contributed by atoms with Crippen LogP contribution in [0.1, 0.15) is 18.4 Å². The summed E-state index contributed by atoms with van der Waals surface area (Å²) in [4.78, 5) is 28.2. The van der Waals surface area contributed by atoms with Crippen molar-refractivity contribution in [3.63, 3.8) is 0 Å². The van der Waals surface area contributed by atoms with Crippen LogP contribution in [0.2, 0.25) is 0 Å². The van der Waals surface area contributed by atoms with Crippen LogP contribution in [0.25, 0.3) is 5.65 Å². The molecule has 3 atom stereocenters. The summed E-state index contributed by atoms with van der Waals surface area (Å²) in [6, 6.07) is 8.20. The molecular formula is C29H36N10O2. The molecule has 6 heterocycles. The number of piperazine rings is 1. The lowest BCUT2D eigenvalue weighted by molar-refractivity contribution is -0.133. The van der Waals surface area contributed by atoms with Crippen molar-refractivity contribution in [2.75, 3.05) is 56.5 Å². The lowest BCUT2D eigenvalue weighted by Gasteiger charge is -2.39. The van der Waals surface area contributed by atoms with Crippen molar-refractivity contribution in [2.24, 2.45) is 11.8 Å². The predicted octanol–water partition coefficient (Wildman–Crippen LogP) is 2.27. The van der Waals surface area contributed by atoms with Gasteiger partial charge in [0, 0.05) is 75.9 Å². The molecule has 2 aliphatic heterocycles. The van der Waals surface area contributed by atoms with E-state index in [0.29, 0.717) is 24.4 Å². The van der Waals surface area contributed by atoms with E-state index < -0.39 is 0 Å². The topological polar surface area (TPSA) is 109 Å². The van der Waals surface area contributed by atoms with Crippen molar-refractivity contribution in [2.45, 2.75) is 32.1 Å². The minimum absolute atomic E-state index is 0.0868. The molecule has 4 aromatic rings. The molecule has 4 aromatic heterocycles. The van der Waals surface area contributed by atoms with E-state index >= 15 is 0 Å². The fourth-order valence-electron chi connectivity index (χ4n) is 6.44. The highest BCUT2D eigenvalue weighted by Crippen LogP contribution is 2.41. The van der Waals surface area contributed by atoms with Crippen LogP contribution >= 0.6 is 0 Å². The van der Waals surface area contributed by atoms with E-state index in [1.165, 1.54) is 18.4 Å². The Morgan fingerprint density at radius 2 is 1.85 bits per heavy atom. The molecule has 41 heavy (non-hydrogen) atoms. The summed E-state index contributed by atoms with van der Waals surface area (Å²) in [6.07, 6.45) is 11.8. The third-order valence-electron chi connectivity index (χ3n) is 8.66. The zero-order chi connectivity index (χ0) is 27.8. The van der Waals surface area contributed by atoms with Crippen molar-refractivity contribution in [1.29, 1.82) is 0 Å². The Morgan fingerprint density at radius 3 is 2.63 bits per heavy atom. The van der Waals surface area contributed by atoms with Crippen molar-refractivity contribution < 1.29 is 9.53 Å². The molecule has 0 spiro atoms. The molecule has 214 valence electrons. The molecule has 2 saturated heterocycles. The molecular weight excluding hydrogens is 520 g/mol. The lowest BCUT2D eigenvalue weighted by Crippen LogP contribution is -2.48. The van der Waals surface area contributed by atoms with Gasteiger partial charge in [0.2, 0.25) is 11.9 Å². The van der Waals surface area contributed by atoms with Crippen LogP contribution in [-0.2, 0) is 22.7 Å². The number of aromatic nitrogens is 6. The average molecular weight is 557 g/mol. The molecule has 12 nitrogen and oxygen atoms in total. The van der Waals surface area contributed by atoms with Crippen molar-refractivity contribution >= 4 is 28.9 Å². The predicted molar refractivity (Wildman–Crippen MR) is 154 cm³/mol. The monoisotopic (exact) mass is 556 g/mol. The highest BCUT2D eigenvalue weighted by Gasteiger charge is 2.43. The standard InChI is InChI=1S/C29H36N10O2/c1-35-11-13-36(14-12-35)26(40)19-38-18-24(15-31-38)32-29-33-28-25(3-2-10-39(28)34-29)37-16-22-4-5-23(17-37)27(22)41-20-21-6-8-30-9-7-21/h2-3,6-10,15,18,22-23,27H,4-5,11-14,16-17,19-20H2,1H3,(H,32,34)/t22-,23+,27-. The van der Waals surface area contributed by atoms with E-state index in [-0.39, 0.29) is 18.6 Å². The van der Waals surface area contributed by atoms with E-state index in [0.717, 1.165) is 56.3 Å². The van der Waals surface area contributed by atoms with Gasteiger partial charge < -0.3 is 24.8 Å². The lowest BCUT2D eigenvalue weighted by atomic mass is 9.94. The first-order valence-electron chi connectivity index (χ1n) is 14.5.